The molecule has 0 radical (unpaired) electrons. The first-order chi connectivity index (χ1) is 12.5. The van der Waals surface area contributed by atoms with Crippen molar-refractivity contribution in [1.29, 1.82) is 15.8 Å². The Bertz CT molecular complexity index is 1030. The summed E-state index contributed by atoms with van der Waals surface area (Å²) in [6.45, 7) is 0. The minimum atomic E-state index is -1.93. The molecule has 1 aliphatic heterocycles. The molecule has 6 nitrogen and oxygen atoms in total. The van der Waals surface area contributed by atoms with Gasteiger partial charge in [0, 0.05) is 18.7 Å². The Morgan fingerprint density at radius 3 is 2.58 bits per heavy atom. The number of amides is 1. The molecule has 1 aromatic carbocycles. The minimum Gasteiger partial charge on any atom is -0.399 e. The lowest BCUT2D eigenvalue weighted by Crippen LogP contribution is -2.60. The molecule has 26 heavy (non-hydrogen) atoms. The van der Waals surface area contributed by atoms with E-state index >= 15 is 0 Å². The van der Waals surface area contributed by atoms with E-state index in [9.17, 15) is 20.6 Å². The van der Waals surface area contributed by atoms with Crippen molar-refractivity contribution in [3.05, 3.63) is 52.7 Å². The first-order valence-electron chi connectivity index (χ1n) is 8.32. The molecule has 2 unspecified atom stereocenters. The molecule has 0 saturated carbocycles. The number of anilines is 1. The van der Waals surface area contributed by atoms with E-state index in [2.05, 4.69) is 6.07 Å². The van der Waals surface area contributed by atoms with E-state index in [1.165, 1.54) is 4.90 Å². The fraction of sp³-hybridized carbons (Fsp3) is 0.300. The van der Waals surface area contributed by atoms with Gasteiger partial charge in [0.15, 0.2) is 0 Å². The Morgan fingerprint density at radius 1 is 1.23 bits per heavy atom. The minimum absolute atomic E-state index is 0.118. The maximum absolute atomic E-state index is 13.6. The van der Waals surface area contributed by atoms with Gasteiger partial charge in [-0.05, 0) is 30.0 Å². The van der Waals surface area contributed by atoms with Crippen LogP contribution in [-0.4, -0.2) is 13.0 Å². The molecule has 126 valence electrons. The average Bonchev–Trinajstić information content (AvgIpc) is 3.22. The summed E-state index contributed by atoms with van der Waals surface area (Å²) in [5, 5.41) is 29.9. The number of benzene rings is 1. The molecule has 2 atom stereocenters. The van der Waals surface area contributed by atoms with Gasteiger partial charge in [0.25, 0.3) is 0 Å². The van der Waals surface area contributed by atoms with Gasteiger partial charge >= 0.3 is 0 Å². The van der Waals surface area contributed by atoms with E-state index in [0.29, 0.717) is 29.7 Å². The van der Waals surface area contributed by atoms with Crippen molar-refractivity contribution in [3.63, 3.8) is 0 Å². The van der Waals surface area contributed by atoms with Gasteiger partial charge in [0.1, 0.15) is 11.5 Å². The number of nitrogens with two attached hydrogens (primary N) is 1. The molecule has 0 bridgehead atoms. The highest BCUT2D eigenvalue weighted by atomic mass is 16.2. The number of carbonyl (C=O) groups is 1. The number of nitriles is 3. The molecule has 0 fully saturated rings. The monoisotopic (exact) mass is 341 g/mol. The summed E-state index contributed by atoms with van der Waals surface area (Å²) in [7, 11) is 1.65. The third kappa shape index (κ3) is 1.39. The van der Waals surface area contributed by atoms with Crippen LogP contribution in [0.5, 0.6) is 0 Å². The molecule has 1 aromatic rings. The maximum Gasteiger partial charge on any atom is 0.241 e. The number of hydrogen-bond acceptors (Lipinski definition) is 5. The second kappa shape index (κ2) is 4.97. The summed E-state index contributed by atoms with van der Waals surface area (Å²) in [6.07, 6.45) is 3.17. The third-order valence-corrected chi connectivity index (χ3v) is 6.05. The molecule has 1 spiro atoms. The first-order valence-corrected chi connectivity index (χ1v) is 8.32. The SMILES string of the molecule is CN1C(=O)C2(c3ccccc31)C1CCC=C1C(C#N)=C(N)C2(C#N)C#N. The molecule has 6 heteroatoms. The normalized spacial score (nSPS) is 28.1. The zero-order valence-corrected chi connectivity index (χ0v) is 14.2. The molecule has 1 heterocycles. The lowest BCUT2D eigenvalue weighted by atomic mass is 9.49. The number of para-hydroxylation sites is 1. The summed E-state index contributed by atoms with van der Waals surface area (Å²) in [5.74, 6) is -0.748. The molecule has 2 N–H and O–H groups in total. The number of likely N-dealkylation sites (N-methyl/N-ethyl adjacent to an activating group) is 1. The molecular weight excluding hydrogens is 326 g/mol. The van der Waals surface area contributed by atoms with E-state index in [-0.39, 0.29) is 17.2 Å². The number of carbonyl (C=O) groups excluding carboxylic acids is 1. The van der Waals surface area contributed by atoms with Gasteiger partial charge in [-0.1, -0.05) is 24.3 Å². The third-order valence-electron chi connectivity index (χ3n) is 6.05. The summed E-state index contributed by atoms with van der Waals surface area (Å²) < 4.78 is 0. The zero-order valence-electron chi connectivity index (χ0n) is 14.2. The maximum atomic E-state index is 13.6. The van der Waals surface area contributed by atoms with Crippen molar-refractivity contribution in [2.45, 2.75) is 18.3 Å². The quantitative estimate of drug-likeness (QED) is 0.774. The summed E-state index contributed by atoms with van der Waals surface area (Å²) >= 11 is 0. The second-order valence-electron chi connectivity index (χ2n) is 6.85. The lowest BCUT2D eigenvalue weighted by molar-refractivity contribution is -0.127. The van der Waals surface area contributed by atoms with Crippen LogP contribution in [0.25, 0.3) is 0 Å². The zero-order chi connectivity index (χ0) is 18.7. The second-order valence-corrected chi connectivity index (χ2v) is 6.85. The Morgan fingerprint density at radius 2 is 1.92 bits per heavy atom. The Labute approximate surface area is 151 Å². The highest BCUT2D eigenvalue weighted by Crippen LogP contribution is 2.64. The topological polar surface area (TPSA) is 118 Å². The lowest BCUT2D eigenvalue weighted by Gasteiger charge is -2.47. The van der Waals surface area contributed by atoms with Crippen molar-refractivity contribution in [2.24, 2.45) is 17.1 Å². The molecule has 3 aliphatic rings. The number of rotatable bonds is 0. The Kier molecular flexibility index (Phi) is 3.05. The van der Waals surface area contributed by atoms with Gasteiger partial charge < -0.3 is 10.6 Å². The largest absolute Gasteiger partial charge is 0.399 e. The predicted molar refractivity (Wildman–Crippen MR) is 92.8 cm³/mol. The van der Waals surface area contributed by atoms with Gasteiger partial charge in [0.05, 0.1) is 23.4 Å². The summed E-state index contributed by atoms with van der Waals surface area (Å²) in [4.78, 5) is 15.1. The van der Waals surface area contributed by atoms with Crippen LogP contribution < -0.4 is 10.6 Å². The van der Waals surface area contributed by atoms with Crippen LogP contribution in [0, 0.1) is 45.3 Å². The van der Waals surface area contributed by atoms with Crippen molar-refractivity contribution in [3.8, 4) is 18.2 Å². The van der Waals surface area contributed by atoms with Crippen molar-refractivity contribution < 1.29 is 4.79 Å². The van der Waals surface area contributed by atoms with Crippen LogP contribution in [0.15, 0.2) is 47.2 Å². The summed E-state index contributed by atoms with van der Waals surface area (Å²) in [5.41, 5.74) is 4.94. The van der Waals surface area contributed by atoms with Crippen molar-refractivity contribution >= 4 is 11.6 Å². The van der Waals surface area contributed by atoms with E-state index in [0.717, 1.165) is 0 Å². The highest BCUT2D eigenvalue weighted by Gasteiger charge is 2.72. The standard InChI is InChI=1S/C20H15N5O/c1-25-16-8-3-2-6-15(16)20(18(25)26)14-7-4-5-12(14)13(9-21)17(24)19(20,10-22)11-23/h2-3,5-6,8,14H,4,7,24H2,1H3. The molecule has 4 rings (SSSR count). The van der Waals surface area contributed by atoms with Crippen LogP contribution in [0.2, 0.25) is 0 Å². The number of hydrogen-bond donors (Lipinski definition) is 1. The van der Waals surface area contributed by atoms with Crippen molar-refractivity contribution in [1.82, 2.24) is 0 Å². The van der Waals surface area contributed by atoms with Crippen LogP contribution in [0.3, 0.4) is 0 Å². The van der Waals surface area contributed by atoms with Gasteiger partial charge in [-0.15, -0.1) is 0 Å². The molecule has 1 amide bonds. The van der Waals surface area contributed by atoms with Gasteiger partial charge in [-0.25, -0.2) is 0 Å². The molecule has 2 aliphatic carbocycles. The van der Waals surface area contributed by atoms with Gasteiger partial charge in [-0.2, -0.15) is 15.8 Å². The fourth-order valence-electron chi connectivity index (χ4n) is 4.98. The van der Waals surface area contributed by atoms with Crippen LogP contribution in [0.4, 0.5) is 5.69 Å². The van der Waals surface area contributed by atoms with Gasteiger partial charge in [-0.3, -0.25) is 4.79 Å². The van der Waals surface area contributed by atoms with E-state index in [1.54, 1.807) is 25.2 Å². The number of fused-ring (bicyclic) bond motifs is 4. The van der Waals surface area contributed by atoms with E-state index in [4.69, 9.17) is 5.73 Å². The Balaban J connectivity index is 2.22. The van der Waals surface area contributed by atoms with E-state index in [1.807, 2.05) is 24.3 Å². The number of nitrogens with zero attached hydrogens (tertiary/aromatic N) is 4. The first kappa shape index (κ1) is 15.9. The predicted octanol–water partition coefficient (Wildman–Crippen LogP) is 2.02. The average molecular weight is 341 g/mol. The molecule has 0 aromatic heterocycles. The molecule has 0 saturated heterocycles. The fourth-order valence-corrected chi connectivity index (χ4v) is 4.98. The number of allylic oxidation sites excluding steroid dienone is 4. The smallest absolute Gasteiger partial charge is 0.241 e. The van der Waals surface area contributed by atoms with Gasteiger partial charge in [0.2, 0.25) is 11.3 Å². The highest BCUT2D eigenvalue weighted by molar-refractivity contribution is 6.10. The Hall–Kier alpha value is -3.56. The van der Waals surface area contributed by atoms with Crippen LogP contribution >= 0.6 is 0 Å². The van der Waals surface area contributed by atoms with Crippen molar-refractivity contribution in [2.75, 3.05) is 11.9 Å². The molecular formula is C20H15N5O. The van der Waals surface area contributed by atoms with Crippen LogP contribution in [-0.2, 0) is 10.2 Å². The van der Waals surface area contributed by atoms with E-state index < -0.39 is 16.7 Å². The van der Waals surface area contributed by atoms with Crippen LogP contribution in [0.1, 0.15) is 18.4 Å². The summed E-state index contributed by atoms with van der Waals surface area (Å²) in [6, 6.07) is 13.4.